The lowest BCUT2D eigenvalue weighted by atomic mass is 9.77. The number of aryl methyl sites for hydroxylation is 1. The highest BCUT2D eigenvalue weighted by molar-refractivity contribution is 5.56. The summed E-state index contributed by atoms with van der Waals surface area (Å²) in [5.41, 5.74) is 2.88. The number of anilines is 1. The fourth-order valence-corrected chi connectivity index (χ4v) is 4.20. The van der Waals surface area contributed by atoms with Crippen LogP contribution in [0.2, 0.25) is 0 Å². The molecule has 1 saturated carbocycles. The van der Waals surface area contributed by atoms with Crippen molar-refractivity contribution in [3.05, 3.63) is 29.8 Å². The van der Waals surface area contributed by atoms with Gasteiger partial charge in [0, 0.05) is 24.2 Å². The van der Waals surface area contributed by atoms with E-state index < -0.39 is 0 Å². The Morgan fingerprint density at radius 1 is 1.19 bits per heavy atom. The van der Waals surface area contributed by atoms with Crippen LogP contribution in [0.25, 0.3) is 0 Å². The van der Waals surface area contributed by atoms with Crippen molar-refractivity contribution in [1.29, 1.82) is 0 Å². The fraction of sp³-hybridized carbons (Fsp3) is 0.684. The molecule has 0 saturated heterocycles. The summed E-state index contributed by atoms with van der Waals surface area (Å²) < 4.78 is 0. The van der Waals surface area contributed by atoms with Crippen molar-refractivity contribution >= 4 is 5.69 Å². The van der Waals surface area contributed by atoms with Crippen molar-refractivity contribution < 1.29 is 5.11 Å². The summed E-state index contributed by atoms with van der Waals surface area (Å²) in [6, 6.07) is 9.41. The lowest BCUT2D eigenvalue weighted by Gasteiger charge is -2.42. The monoisotopic (exact) mass is 287 g/mol. The first-order chi connectivity index (χ1) is 10.2. The van der Waals surface area contributed by atoms with E-state index in [1.54, 1.807) is 0 Å². The molecule has 3 rings (SSSR count). The molecule has 1 N–H and O–H groups in total. The molecule has 4 atom stereocenters. The number of fused-ring (bicyclic) bond motifs is 1. The highest BCUT2D eigenvalue weighted by Gasteiger charge is 2.32. The van der Waals surface area contributed by atoms with E-state index in [0.29, 0.717) is 12.0 Å². The summed E-state index contributed by atoms with van der Waals surface area (Å²) >= 11 is 0. The first kappa shape index (κ1) is 14.9. The Bertz CT molecular complexity index is 472. The minimum atomic E-state index is -0.103. The summed E-state index contributed by atoms with van der Waals surface area (Å²) in [7, 11) is 0. The van der Waals surface area contributed by atoms with Crippen LogP contribution in [0.4, 0.5) is 5.69 Å². The zero-order chi connectivity index (χ0) is 14.8. The summed E-state index contributed by atoms with van der Waals surface area (Å²) in [6.45, 7) is 5.65. The maximum absolute atomic E-state index is 10.4. The molecule has 0 aromatic heterocycles. The molecule has 21 heavy (non-hydrogen) atoms. The highest BCUT2D eigenvalue weighted by Crippen LogP contribution is 2.36. The number of aliphatic hydroxyl groups is 1. The van der Waals surface area contributed by atoms with E-state index in [0.717, 1.165) is 18.9 Å². The van der Waals surface area contributed by atoms with E-state index in [1.165, 1.54) is 43.4 Å². The highest BCUT2D eigenvalue weighted by atomic mass is 16.3. The summed E-state index contributed by atoms with van der Waals surface area (Å²) in [5.74, 6) is 1.26. The van der Waals surface area contributed by atoms with Crippen LogP contribution in [0, 0.1) is 11.8 Å². The first-order valence-electron chi connectivity index (χ1n) is 8.71. The van der Waals surface area contributed by atoms with Gasteiger partial charge in [-0.3, -0.25) is 0 Å². The van der Waals surface area contributed by atoms with E-state index in [4.69, 9.17) is 0 Å². The van der Waals surface area contributed by atoms with Crippen LogP contribution in [-0.2, 0) is 6.42 Å². The average Bonchev–Trinajstić information content (AvgIpc) is 2.52. The number of hydrogen-bond donors (Lipinski definition) is 1. The predicted molar refractivity (Wildman–Crippen MR) is 88.7 cm³/mol. The van der Waals surface area contributed by atoms with Crippen LogP contribution in [-0.4, -0.2) is 23.8 Å². The largest absolute Gasteiger partial charge is 0.393 e. The number of benzene rings is 1. The van der Waals surface area contributed by atoms with Crippen LogP contribution in [0.1, 0.15) is 51.5 Å². The van der Waals surface area contributed by atoms with Gasteiger partial charge < -0.3 is 10.0 Å². The second-order valence-electron chi connectivity index (χ2n) is 7.08. The molecule has 1 fully saturated rings. The summed E-state index contributed by atoms with van der Waals surface area (Å²) in [4.78, 5) is 2.56. The molecule has 0 amide bonds. The molecular formula is C19H29NO. The van der Waals surface area contributed by atoms with E-state index in [9.17, 15) is 5.11 Å². The maximum Gasteiger partial charge on any atom is 0.0585 e. The Morgan fingerprint density at radius 3 is 2.81 bits per heavy atom. The van der Waals surface area contributed by atoms with Crippen molar-refractivity contribution in [3.8, 4) is 0 Å². The second-order valence-corrected chi connectivity index (χ2v) is 7.08. The number of aliphatic hydroxyl groups excluding tert-OH is 1. The maximum atomic E-state index is 10.4. The normalized spacial score (nSPS) is 32.8. The molecule has 1 aromatic rings. The zero-order valence-corrected chi connectivity index (χ0v) is 13.5. The molecule has 0 radical (unpaired) electrons. The zero-order valence-electron chi connectivity index (χ0n) is 13.5. The fourth-order valence-electron chi connectivity index (χ4n) is 4.20. The molecule has 0 bridgehead atoms. The molecule has 1 aromatic carbocycles. The molecule has 1 heterocycles. The van der Waals surface area contributed by atoms with Gasteiger partial charge >= 0.3 is 0 Å². The third-order valence-corrected chi connectivity index (χ3v) is 5.72. The predicted octanol–water partition coefficient (Wildman–Crippen LogP) is 4.01. The van der Waals surface area contributed by atoms with Crippen molar-refractivity contribution in [2.24, 2.45) is 11.8 Å². The van der Waals surface area contributed by atoms with Gasteiger partial charge in [-0.05, 0) is 56.6 Å². The Labute approximate surface area is 129 Å². The van der Waals surface area contributed by atoms with Crippen LogP contribution in [0.5, 0.6) is 0 Å². The van der Waals surface area contributed by atoms with Crippen molar-refractivity contribution in [2.75, 3.05) is 11.4 Å². The van der Waals surface area contributed by atoms with Gasteiger partial charge in [-0.25, -0.2) is 0 Å². The van der Waals surface area contributed by atoms with Gasteiger partial charge in [0.05, 0.1) is 6.10 Å². The van der Waals surface area contributed by atoms with E-state index >= 15 is 0 Å². The van der Waals surface area contributed by atoms with Crippen LogP contribution >= 0.6 is 0 Å². The van der Waals surface area contributed by atoms with Crippen molar-refractivity contribution in [2.45, 2.75) is 64.5 Å². The molecule has 2 heteroatoms. The third kappa shape index (κ3) is 3.11. The van der Waals surface area contributed by atoms with Crippen LogP contribution in [0.3, 0.4) is 0 Å². The van der Waals surface area contributed by atoms with Gasteiger partial charge in [-0.2, -0.15) is 0 Å². The summed E-state index contributed by atoms with van der Waals surface area (Å²) in [6.07, 6.45) is 6.98. The Kier molecular flexibility index (Phi) is 4.54. The second kappa shape index (κ2) is 6.39. The number of hydrogen-bond acceptors (Lipinski definition) is 2. The lowest BCUT2D eigenvalue weighted by molar-refractivity contribution is 0.0496. The standard InChI is InChI=1S/C19H29NO/c1-3-15-9-11-19(21)17(12-15)13-20-14(2)8-10-16-6-4-5-7-18(16)20/h4-7,14-15,17,19,21H,3,8-13H2,1-2H3. The van der Waals surface area contributed by atoms with Crippen molar-refractivity contribution in [1.82, 2.24) is 0 Å². The minimum Gasteiger partial charge on any atom is -0.393 e. The third-order valence-electron chi connectivity index (χ3n) is 5.72. The van der Waals surface area contributed by atoms with E-state index in [1.807, 2.05) is 0 Å². The molecule has 116 valence electrons. The quantitative estimate of drug-likeness (QED) is 0.908. The van der Waals surface area contributed by atoms with Gasteiger partial charge in [-0.15, -0.1) is 0 Å². The first-order valence-corrected chi connectivity index (χ1v) is 8.71. The van der Waals surface area contributed by atoms with Gasteiger partial charge in [0.1, 0.15) is 0 Å². The average molecular weight is 287 g/mol. The topological polar surface area (TPSA) is 23.5 Å². The molecule has 1 aliphatic heterocycles. The van der Waals surface area contributed by atoms with Gasteiger partial charge in [-0.1, -0.05) is 31.5 Å². The number of para-hydroxylation sites is 1. The SMILES string of the molecule is CCC1CCC(O)C(CN2c3ccccc3CCC2C)C1. The number of nitrogens with zero attached hydrogens (tertiary/aromatic N) is 1. The van der Waals surface area contributed by atoms with E-state index in [2.05, 4.69) is 43.0 Å². The minimum absolute atomic E-state index is 0.103. The van der Waals surface area contributed by atoms with Gasteiger partial charge in [0.15, 0.2) is 0 Å². The van der Waals surface area contributed by atoms with E-state index in [-0.39, 0.29) is 6.10 Å². The van der Waals surface area contributed by atoms with Gasteiger partial charge in [0.25, 0.3) is 0 Å². The van der Waals surface area contributed by atoms with Crippen LogP contribution in [0.15, 0.2) is 24.3 Å². The molecule has 1 aliphatic carbocycles. The molecule has 2 aliphatic rings. The molecule has 0 spiro atoms. The Hall–Kier alpha value is -1.02. The summed E-state index contributed by atoms with van der Waals surface area (Å²) in [5, 5.41) is 10.4. The number of rotatable bonds is 3. The smallest absolute Gasteiger partial charge is 0.0585 e. The van der Waals surface area contributed by atoms with Crippen molar-refractivity contribution in [3.63, 3.8) is 0 Å². The Balaban J connectivity index is 1.77. The lowest BCUT2D eigenvalue weighted by Crippen LogP contribution is -2.45. The van der Waals surface area contributed by atoms with Gasteiger partial charge in [0.2, 0.25) is 0 Å². The van der Waals surface area contributed by atoms with Crippen LogP contribution < -0.4 is 4.90 Å². The molecular weight excluding hydrogens is 258 g/mol. The molecule has 4 unspecified atom stereocenters. The molecule has 2 nitrogen and oxygen atoms in total. The Morgan fingerprint density at radius 2 is 2.00 bits per heavy atom.